The number of para-hydroxylation sites is 1. The van der Waals surface area contributed by atoms with E-state index in [0.717, 1.165) is 17.9 Å². The van der Waals surface area contributed by atoms with Crippen LogP contribution in [0.2, 0.25) is 0 Å². The van der Waals surface area contributed by atoms with Gasteiger partial charge in [0.05, 0.1) is 24.4 Å². The van der Waals surface area contributed by atoms with Gasteiger partial charge < -0.3 is 15.4 Å². The summed E-state index contributed by atoms with van der Waals surface area (Å²) >= 11 is 0. The number of hydrogen-bond donors (Lipinski definition) is 2. The van der Waals surface area contributed by atoms with Gasteiger partial charge >= 0.3 is 0 Å². The monoisotopic (exact) mass is 370 g/mol. The van der Waals surface area contributed by atoms with E-state index < -0.39 is 0 Å². The largest absolute Gasteiger partial charge is 0.493 e. The van der Waals surface area contributed by atoms with Crippen molar-refractivity contribution in [3.05, 3.63) is 90.0 Å². The molecule has 4 heteroatoms. The molecule has 3 aromatic rings. The van der Waals surface area contributed by atoms with E-state index >= 15 is 0 Å². The molecule has 0 saturated heterocycles. The first kappa shape index (κ1) is 19.1. The zero-order chi connectivity index (χ0) is 19.6. The quantitative estimate of drug-likeness (QED) is 0.577. The number of amides is 1. The molecule has 0 radical (unpaired) electrons. The number of hydrogen-bond acceptors (Lipinski definition) is 3. The van der Waals surface area contributed by atoms with Gasteiger partial charge in [-0.3, -0.25) is 4.79 Å². The van der Waals surface area contributed by atoms with Crippen LogP contribution in [-0.4, -0.2) is 19.1 Å². The highest BCUT2D eigenvalue weighted by Crippen LogP contribution is 2.24. The smallest absolute Gasteiger partial charge is 0.254 e. The molecule has 3 rings (SSSR count). The van der Waals surface area contributed by atoms with Gasteiger partial charge in [0.1, 0.15) is 5.75 Å². The second-order valence-electron chi connectivity index (χ2n) is 6.17. The maximum Gasteiger partial charge on any atom is 0.254 e. The van der Waals surface area contributed by atoms with Crippen LogP contribution < -0.4 is 15.4 Å². The number of rotatable bonds is 8. The Morgan fingerprint density at radius 1 is 0.964 bits per heavy atom. The van der Waals surface area contributed by atoms with Crippen LogP contribution in [0, 0.1) is 12.3 Å². The van der Waals surface area contributed by atoms with Crippen LogP contribution in [0.15, 0.2) is 78.9 Å². The average molecular weight is 370 g/mol. The van der Waals surface area contributed by atoms with E-state index in [1.165, 1.54) is 5.56 Å². The molecule has 0 aliphatic rings. The summed E-state index contributed by atoms with van der Waals surface area (Å²) in [6.07, 6.45) is 6.06. The predicted octanol–water partition coefficient (Wildman–Crippen LogP) is 4.41. The Balaban J connectivity index is 1.65. The van der Waals surface area contributed by atoms with Crippen molar-refractivity contribution in [2.75, 3.05) is 18.5 Å². The molecular weight excluding hydrogens is 348 g/mol. The fourth-order valence-corrected chi connectivity index (χ4v) is 2.77. The van der Waals surface area contributed by atoms with Crippen molar-refractivity contribution in [2.24, 2.45) is 0 Å². The van der Waals surface area contributed by atoms with Gasteiger partial charge in [0, 0.05) is 18.2 Å². The van der Waals surface area contributed by atoms with E-state index in [-0.39, 0.29) is 12.5 Å². The SMILES string of the molecule is C#CCNC(=O)c1ccccc1Nc1cccc(OCCc2ccccc2)c1. The normalized spacial score (nSPS) is 9.96. The molecule has 0 fully saturated rings. The third-order valence-corrected chi connectivity index (χ3v) is 4.14. The molecular formula is C24H22N2O2. The lowest BCUT2D eigenvalue weighted by Crippen LogP contribution is -2.24. The van der Waals surface area contributed by atoms with Crippen molar-refractivity contribution < 1.29 is 9.53 Å². The highest BCUT2D eigenvalue weighted by Gasteiger charge is 2.10. The van der Waals surface area contributed by atoms with Gasteiger partial charge in [0.25, 0.3) is 5.91 Å². The minimum absolute atomic E-state index is 0.192. The van der Waals surface area contributed by atoms with E-state index in [2.05, 4.69) is 28.7 Å². The van der Waals surface area contributed by atoms with Gasteiger partial charge in [0.15, 0.2) is 0 Å². The number of anilines is 2. The maximum atomic E-state index is 12.3. The summed E-state index contributed by atoms with van der Waals surface area (Å²) in [7, 11) is 0. The highest BCUT2D eigenvalue weighted by molar-refractivity contribution is 6.00. The third kappa shape index (κ3) is 5.39. The number of ether oxygens (including phenoxy) is 1. The summed E-state index contributed by atoms with van der Waals surface area (Å²) in [5.74, 6) is 2.97. The van der Waals surface area contributed by atoms with E-state index in [9.17, 15) is 4.79 Å². The minimum atomic E-state index is -0.212. The molecule has 0 atom stereocenters. The van der Waals surface area contributed by atoms with Gasteiger partial charge in [-0.2, -0.15) is 0 Å². The Morgan fingerprint density at radius 2 is 1.75 bits per heavy atom. The van der Waals surface area contributed by atoms with Crippen molar-refractivity contribution in [1.82, 2.24) is 5.32 Å². The maximum absolute atomic E-state index is 12.3. The van der Waals surface area contributed by atoms with Crippen LogP contribution in [0.25, 0.3) is 0 Å². The predicted molar refractivity (Wildman–Crippen MR) is 113 cm³/mol. The van der Waals surface area contributed by atoms with E-state index in [1.807, 2.05) is 60.7 Å². The fraction of sp³-hybridized carbons (Fsp3) is 0.125. The summed E-state index contributed by atoms with van der Waals surface area (Å²) in [5, 5.41) is 5.98. The summed E-state index contributed by atoms with van der Waals surface area (Å²) < 4.78 is 5.88. The van der Waals surface area contributed by atoms with Gasteiger partial charge in [-0.1, -0.05) is 54.5 Å². The van der Waals surface area contributed by atoms with Crippen molar-refractivity contribution in [3.63, 3.8) is 0 Å². The second kappa shape index (κ2) is 9.84. The second-order valence-corrected chi connectivity index (χ2v) is 6.17. The molecule has 2 N–H and O–H groups in total. The average Bonchev–Trinajstić information content (AvgIpc) is 2.73. The van der Waals surface area contributed by atoms with Gasteiger partial charge in [0.2, 0.25) is 0 Å². The van der Waals surface area contributed by atoms with Crippen LogP contribution in [0.3, 0.4) is 0 Å². The summed E-state index contributed by atoms with van der Waals surface area (Å²) in [6.45, 7) is 0.788. The molecule has 0 aliphatic carbocycles. The van der Waals surface area contributed by atoms with Gasteiger partial charge in [-0.05, 0) is 29.8 Å². The molecule has 3 aromatic carbocycles. The van der Waals surface area contributed by atoms with Crippen molar-refractivity contribution >= 4 is 17.3 Å². The molecule has 0 saturated carbocycles. The van der Waals surface area contributed by atoms with E-state index in [4.69, 9.17) is 11.2 Å². The molecule has 0 heterocycles. The molecule has 28 heavy (non-hydrogen) atoms. The highest BCUT2D eigenvalue weighted by atomic mass is 16.5. The lowest BCUT2D eigenvalue weighted by molar-refractivity contribution is 0.0959. The molecule has 140 valence electrons. The van der Waals surface area contributed by atoms with Crippen LogP contribution in [0.1, 0.15) is 15.9 Å². The fourth-order valence-electron chi connectivity index (χ4n) is 2.77. The Hall–Kier alpha value is -3.71. The molecule has 1 amide bonds. The van der Waals surface area contributed by atoms with Gasteiger partial charge in [-0.25, -0.2) is 0 Å². The molecule has 4 nitrogen and oxygen atoms in total. The molecule has 0 spiro atoms. The molecule has 0 aliphatic heterocycles. The lowest BCUT2D eigenvalue weighted by Gasteiger charge is -2.13. The minimum Gasteiger partial charge on any atom is -0.493 e. The zero-order valence-corrected chi connectivity index (χ0v) is 15.5. The topological polar surface area (TPSA) is 50.4 Å². The third-order valence-electron chi connectivity index (χ3n) is 4.14. The number of benzene rings is 3. The Kier molecular flexibility index (Phi) is 6.70. The van der Waals surface area contributed by atoms with Crippen molar-refractivity contribution in [3.8, 4) is 18.1 Å². The number of nitrogens with one attached hydrogen (secondary N) is 2. The summed E-state index contributed by atoms with van der Waals surface area (Å²) in [4.78, 5) is 12.3. The van der Waals surface area contributed by atoms with Crippen LogP contribution >= 0.6 is 0 Å². The van der Waals surface area contributed by atoms with Crippen LogP contribution in [0.4, 0.5) is 11.4 Å². The Morgan fingerprint density at radius 3 is 2.57 bits per heavy atom. The van der Waals surface area contributed by atoms with Crippen LogP contribution in [0.5, 0.6) is 5.75 Å². The number of carbonyl (C=O) groups excluding carboxylic acids is 1. The first-order chi connectivity index (χ1) is 13.8. The first-order valence-corrected chi connectivity index (χ1v) is 9.11. The first-order valence-electron chi connectivity index (χ1n) is 9.11. The molecule has 0 unspecified atom stereocenters. The van der Waals surface area contributed by atoms with Crippen molar-refractivity contribution in [2.45, 2.75) is 6.42 Å². The molecule has 0 bridgehead atoms. The Bertz CT molecular complexity index is 962. The van der Waals surface area contributed by atoms with E-state index in [1.54, 1.807) is 6.07 Å². The Labute approximate surface area is 165 Å². The summed E-state index contributed by atoms with van der Waals surface area (Å²) in [6, 6.07) is 25.2. The number of terminal acetylenes is 1. The van der Waals surface area contributed by atoms with Gasteiger partial charge in [-0.15, -0.1) is 6.42 Å². The zero-order valence-electron chi connectivity index (χ0n) is 15.5. The number of carbonyl (C=O) groups is 1. The van der Waals surface area contributed by atoms with Crippen LogP contribution in [-0.2, 0) is 6.42 Å². The molecule has 0 aromatic heterocycles. The van der Waals surface area contributed by atoms with Crippen molar-refractivity contribution in [1.29, 1.82) is 0 Å². The van der Waals surface area contributed by atoms with E-state index in [0.29, 0.717) is 17.9 Å². The summed E-state index contributed by atoms with van der Waals surface area (Å²) in [5.41, 5.74) is 3.32. The standard InChI is InChI=1S/C24H22N2O2/c1-2-16-25-24(27)22-13-6-7-14-23(22)26-20-11-8-12-21(18-20)28-17-15-19-9-4-3-5-10-19/h1,3-14,18,26H,15-17H2,(H,25,27). The lowest BCUT2D eigenvalue weighted by atomic mass is 10.1.